The van der Waals surface area contributed by atoms with E-state index in [9.17, 15) is 8.78 Å². The zero-order valence-corrected chi connectivity index (χ0v) is 14.7. The van der Waals surface area contributed by atoms with Crippen molar-refractivity contribution in [2.24, 2.45) is 0 Å². The molecule has 1 fully saturated rings. The van der Waals surface area contributed by atoms with Gasteiger partial charge in [-0.15, -0.1) is 0 Å². The van der Waals surface area contributed by atoms with Crippen LogP contribution in [0.1, 0.15) is 11.3 Å². The molecule has 4 rings (SSSR count). The van der Waals surface area contributed by atoms with Gasteiger partial charge in [0.15, 0.2) is 11.3 Å². The van der Waals surface area contributed by atoms with E-state index in [2.05, 4.69) is 9.83 Å². The van der Waals surface area contributed by atoms with E-state index in [0.717, 1.165) is 24.4 Å². The summed E-state index contributed by atoms with van der Waals surface area (Å²) >= 11 is 0. The van der Waals surface area contributed by atoms with E-state index in [0.29, 0.717) is 17.5 Å². The molecule has 1 aliphatic rings. The first-order valence-electron chi connectivity index (χ1n) is 8.45. The van der Waals surface area contributed by atoms with Gasteiger partial charge in [0.1, 0.15) is 28.8 Å². The fourth-order valence-corrected chi connectivity index (χ4v) is 2.95. The molecule has 0 aliphatic carbocycles. The third-order valence-electron chi connectivity index (χ3n) is 4.57. The van der Waals surface area contributed by atoms with Crippen molar-refractivity contribution in [2.75, 3.05) is 6.61 Å². The number of rotatable bonds is 5. The highest BCUT2D eigenvalue weighted by atomic mass is 19.3. The zero-order valence-electron chi connectivity index (χ0n) is 14.7. The first-order valence-corrected chi connectivity index (χ1v) is 8.45. The van der Waals surface area contributed by atoms with Gasteiger partial charge < -0.3 is 9.47 Å². The van der Waals surface area contributed by atoms with Gasteiger partial charge in [-0.2, -0.15) is 8.78 Å². The number of benzene rings is 2. The largest absolute Gasteiger partial charge is 0.456 e. The number of epoxide rings is 1. The van der Waals surface area contributed by atoms with Gasteiger partial charge in [-0.1, -0.05) is 12.1 Å². The standard InChI is InChI=1S/C21H12F4N2O2/c1-26-14-3-5-15(6-4-14)29-16-7-9-19(27-11-16)21(24,25)20(12-28-20)17-8-2-13(22)10-18(17)23/h2-11H,12H2. The predicted octanol–water partition coefficient (Wildman–Crippen LogP) is 5.72. The highest BCUT2D eigenvalue weighted by Gasteiger charge is 2.68. The van der Waals surface area contributed by atoms with Crippen LogP contribution >= 0.6 is 0 Å². The van der Waals surface area contributed by atoms with Gasteiger partial charge in [0.2, 0.25) is 0 Å². The minimum absolute atomic E-state index is 0.207. The number of hydrogen-bond donors (Lipinski definition) is 0. The Morgan fingerprint density at radius 2 is 1.72 bits per heavy atom. The molecule has 29 heavy (non-hydrogen) atoms. The second kappa shape index (κ2) is 6.87. The van der Waals surface area contributed by atoms with Crippen molar-refractivity contribution in [3.05, 3.63) is 95.1 Å². The van der Waals surface area contributed by atoms with Crippen LogP contribution in [0.5, 0.6) is 11.5 Å². The summed E-state index contributed by atoms with van der Waals surface area (Å²) in [4.78, 5) is 7.02. The minimum atomic E-state index is -3.65. The SMILES string of the molecule is [C-]#[N+]c1ccc(Oc2ccc(C(F)(F)C3(c4ccc(F)cc4F)CO3)nc2)cc1. The van der Waals surface area contributed by atoms with Crippen molar-refractivity contribution in [1.29, 1.82) is 0 Å². The minimum Gasteiger partial charge on any atom is -0.456 e. The molecule has 0 amide bonds. The Morgan fingerprint density at radius 3 is 2.28 bits per heavy atom. The van der Waals surface area contributed by atoms with Crippen LogP contribution in [0.25, 0.3) is 4.85 Å². The number of pyridine rings is 1. The topological polar surface area (TPSA) is 39.0 Å². The number of halogens is 4. The van der Waals surface area contributed by atoms with E-state index in [4.69, 9.17) is 16.0 Å². The van der Waals surface area contributed by atoms with Crippen LogP contribution in [-0.2, 0) is 16.3 Å². The highest BCUT2D eigenvalue weighted by molar-refractivity contribution is 5.47. The lowest BCUT2D eigenvalue weighted by Gasteiger charge is -2.24. The molecule has 1 aromatic heterocycles. The Balaban J connectivity index is 1.58. The van der Waals surface area contributed by atoms with Gasteiger partial charge in [-0.3, -0.25) is 4.98 Å². The first kappa shape index (κ1) is 18.9. The first-order chi connectivity index (χ1) is 13.9. The summed E-state index contributed by atoms with van der Waals surface area (Å²) in [6.07, 6.45) is 1.11. The summed E-state index contributed by atoms with van der Waals surface area (Å²) in [5.41, 5.74) is -2.84. The Morgan fingerprint density at radius 1 is 1.03 bits per heavy atom. The van der Waals surface area contributed by atoms with Gasteiger partial charge >= 0.3 is 5.92 Å². The van der Waals surface area contributed by atoms with Gasteiger partial charge in [-0.05, 0) is 36.4 Å². The van der Waals surface area contributed by atoms with E-state index in [1.807, 2.05) is 0 Å². The maximum Gasteiger partial charge on any atom is 0.324 e. The summed E-state index contributed by atoms with van der Waals surface area (Å²) in [5.74, 6) is -5.01. The van der Waals surface area contributed by atoms with E-state index in [1.165, 1.54) is 6.07 Å². The Kier molecular flexibility index (Phi) is 4.47. The molecule has 0 radical (unpaired) electrons. The van der Waals surface area contributed by atoms with E-state index >= 15 is 8.78 Å². The van der Waals surface area contributed by atoms with Crippen molar-refractivity contribution in [3.8, 4) is 11.5 Å². The van der Waals surface area contributed by atoms with Crippen LogP contribution in [0.4, 0.5) is 23.2 Å². The van der Waals surface area contributed by atoms with Crippen LogP contribution in [0, 0.1) is 18.2 Å². The average molecular weight is 400 g/mol. The Labute approximate surface area is 163 Å². The van der Waals surface area contributed by atoms with Crippen LogP contribution in [-0.4, -0.2) is 11.6 Å². The monoisotopic (exact) mass is 400 g/mol. The van der Waals surface area contributed by atoms with Crippen molar-refractivity contribution in [3.63, 3.8) is 0 Å². The van der Waals surface area contributed by atoms with Crippen molar-refractivity contribution < 1.29 is 27.0 Å². The number of aromatic nitrogens is 1. The quantitative estimate of drug-likeness (QED) is 0.312. The molecule has 0 spiro atoms. The Hall–Kier alpha value is -3.44. The number of nitrogens with zero attached hydrogens (tertiary/aromatic N) is 2. The molecular formula is C21H12F4N2O2. The molecule has 2 heterocycles. The maximum atomic E-state index is 15.1. The van der Waals surface area contributed by atoms with Crippen molar-refractivity contribution in [2.45, 2.75) is 11.5 Å². The third kappa shape index (κ3) is 3.30. The molecule has 3 aromatic rings. The predicted molar refractivity (Wildman–Crippen MR) is 94.9 cm³/mol. The highest BCUT2D eigenvalue weighted by Crippen LogP contribution is 2.56. The van der Waals surface area contributed by atoms with E-state index < -0.39 is 41.0 Å². The van der Waals surface area contributed by atoms with Crippen LogP contribution in [0.2, 0.25) is 0 Å². The molecule has 146 valence electrons. The lowest BCUT2D eigenvalue weighted by atomic mass is 9.90. The summed E-state index contributed by atoms with van der Waals surface area (Å²) in [7, 11) is 0. The Bertz CT molecular complexity index is 1090. The number of ether oxygens (including phenoxy) is 2. The summed E-state index contributed by atoms with van der Waals surface area (Å²) < 4.78 is 67.9. The molecule has 1 unspecified atom stereocenters. The summed E-state index contributed by atoms with van der Waals surface area (Å²) in [5, 5.41) is 0. The molecule has 1 atom stereocenters. The van der Waals surface area contributed by atoms with Gasteiger partial charge in [0, 0.05) is 11.6 Å². The molecule has 0 bridgehead atoms. The van der Waals surface area contributed by atoms with Crippen molar-refractivity contribution in [1.82, 2.24) is 4.98 Å². The van der Waals surface area contributed by atoms with Crippen LogP contribution in [0.3, 0.4) is 0 Å². The fourth-order valence-electron chi connectivity index (χ4n) is 2.95. The van der Waals surface area contributed by atoms with Crippen molar-refractivity contribution >= 4 is 5.69 Å². The molecular weight excluding hydrogens is 388 g/mol. The van der Waals surface area contributed by atoms with Crippen LogP contribution in [0.15, 0.2) is 60.8 Å². The molecule has 0 saturated carbocycles. The second-order valence-corrected chi connectivity index (χ2v) is 6.40. The maximum absolute atomic E-state index is 15.1. The normalized spacial score (nSPS) is 18.2. The van der Waals surface area contributed by atoms with Gasteiger partial charge in [0.05, 0.1) is 19.4 Å². The zero-order chi connectivity index (χ0) is 20.6. The lowest BCUT2D eigenvalue weighted by Crippen LogP contribution is -2.34. The van der Waals surface area contributed by atoms with E-state index in [1.54, 1.807) is 24.3 Å². The van der Waals surface area contributed by atoms with Gasteiger partial charge in [-0.25, -0.2) is 13.6 Å². The number of alkyl halides is 2. The number of hydrogen-bond acceptors (Lipinski definition) is 3. The molecule has 8 heteroatoms. The third-order valence-corrected chi connectivity index (χ3v) is 4.57. The van der Waals surface area contributed by atoms with Gasteiger partial charge in [0.25, 0.3) is 0 Å². The summed E-state index contributed by atoms with van der Waals surface area (Å²) in [6, 6.07) is 11.0. The fraction of sp³-hybridized carbons (Fsp3) is 0.143. The molecule has 1 saturated heterocycles. The van der Waals surface area contributed by atoms with E-state index in [-0.39, 0.29) is 5.75 Å². The molecule has 2 aromatic carbocycles. The smallest absolute Gasteiger partial charge is 0.324 e. The summed E-state index contributed by atoms with van der Waals surface area (Å²) in [6.45, 7) is 6.49. The lowest BCUT2D eigenvalue weighted by molar-refractivity contribution is -0.0902. The average Bonchev–Trinajstić information content (AvgIpc) is 3.51. The molecule has 1 aliphatic heterocycles. The molecule has 0 N–H and O–H groups in total. The molecule has 4 nitrogen and oxygen atoms in total. The van der Waals surface area contributed by atoms with Crippen LogP contribution < -0.4 is 4.74 Å². The second-order valence-electron chi connectivity index (χ2n) is 6.40.